The summed E-state index contributed by atoms with van der Waals surface area (Å²) in [6.07, 6.45) is 7.98. The van der Waals surface area contributed by atoms with Crippen molar-refractivity contribution in [1.82, 2.24) is 0 Å². The molecule has 0 aromatic heterocycles. The highest BCUT2D eigenvalue weighted by atomic mass is 31.1. The molecule has 1 aliphatic carbocycles. The highest BCUT2D eigenvalue weighted by molar-refractivity contribution is 7.17. The Kier molecular flexibility index (Phi) is 5.57. The van der Waals surface area contributed by atoms with E-state index < -0.39 is 0 Å². The van der Waals surface area contributed by atoms with Gasteiger partial charge in [-0.15, -0.1) is 0 Å². The van der Waals surface area contributed by atoms with Crippen LogP contribution in [-0.2, 0) is 9.09 Å². The Morgan fingerprint density at radius 3 is 2.62 bits per heavy atom. The van der Waals surface area contributed by atoms with Gasteiger partial charge in [-0.2, -0.15) is 0 Å². The third-order valence-electron chi connectivity index (χ3n) is 3.18. The largest absolute Gasteiger partial charge is 0.327 e. The summed E-state index contributed by atoms with van der Waals surface area (Å²) < 4.78 is 15.1. The molecule has 0 radical (unpaired) electrons. The number of rotatable bonds is 5. The lowest BCUT2D eigenvalue weighted by molar-refractivity contribution is 0.167. The fraction of sp³-hybridized carbons (Fsp3) is 1.00. The summed E-state index contributed by atoms with van der Waals surface area (Å²) in [5.41, 5.74) is 0. The lowest BCUT2D eigenvalue weighted by atomic mass is 9.79. The van der Waals surface area contributed by atoms with Crippen LogP contribution in [0, 0.1) is 11.8 Å². The molecule has 0 heterocycles. The molecule has 0 N–H and O–H groups in total. The minimum absolute atomic E-state index is 0.161. The fourth-order valence-corrected chi connectivity index (χ4v) is 2.57. The van der Waals surface area contributed by atoms with Crippen molar-refractivity contribution in [2.75, 3.05) is 6.61 Å². The van der Waals surface area contributed by atoms with Gasteiger partial charge in [-0.05, 0) is 11.8 Å². The summed E-state index contributed by atoms with van der Waals surface area (Å²) in [5, 5.41) is 0. The SMILES string of the molecule is CCC(COP=O)C1CCCCC1. The maximum atomic E-state index is 10.2. The molecule has 1 unspecified atom stereocenters. The van der Waals surface area contributed by atoms with E-state index in [1.165, 1.54) is 32.1 Å². The van der Waals surface area contributed by atoms with Crippen molar-refractivity contribution in [2.24, 2.45) is 11.8 Å². The van der Waals surface area contributed by atoms with Crippen LogP contribution in [0.25, 0.3) is 0 Å². The summed E-state index contributed by atoms with van der Waals surface area (Å²) in [4.78, 5) is 0. The zero-order chi connectivity index (χ0) is 9.52. The molecule has 0 amide bonds. The van der Waals surface area contributed by atoms with Crippen LogP contribution in [0.2, 0.25) is 0 Å². The molecule has 0 saturated heterocycles. The summed E-state index contributed by atoms with van der Waals surface area (Å²) >= 11 is 0. The monoisotopic (exact) mass is 202 g/mol. The molecule has 0 bridgehead atoms. The summed E-state index contributed by atoms with van der Waals surface area (Å²) in [6, 6.07) is 0. The molecule has 0 aliphatic heterocycles. The van der Waals surface area contributed by atoms with E-state index in [0.29, 0.717) is 12.5 Å². The maximum Gasteiger partial charge on any atom is 0.327 e. The topological polar surface area (TPSA) is 26.3 Å². The van der Waals surface area contributed by atoms with Crippen LogP contribution >= 0.6 is 8.69 Å². The molecule has 2 nitrogen and oxygen atoms in total. The second-order valence-corrected chi connectivity index (χ2v) is 4.34. The van der Waals surface area contributed by atoms with E-state index >= 15 is 0 Å². The van der Waals surface area contributed by atoms with Gasteiger partial charge in [0.2, 0.25) is 0 Å². The lowest BCUT2D eigenvalue weighted by Gasteiger charge is -2.28. The Bertz CT molecular complexity index is 144. The Morgan fingerprint density at radius 1 is 1.38 bits per heavy atom. The van der Waals surface area contributed by atoms with Crippen molar-refractivity contribution in [3.05, 3.63) is 0 Å². The molecule has 1 fully saturated rings. The van der Waals surface area contributed by atoms with Gasteiger partial charge < -0.3 is 0 Å². The van der Waals surface area contributed by atoms with Crippen LogP contribution in [0.1, 0.15) is 45.4 Å². The minimum Gasteiger partial charge on any atom is -0.294 e. The summed E-state index contributed by atoms with van der Waals surface area (Å²) in [6.45, 7) is 2.87. The zero-order valence-electron chi connectivity index (χ0n) is 8.37. The summed E-state index contributed by atoms with van der Waals surface area (Å²) in [5.74, 6) is 1.45. The second kappa shape index (κ2) is 6.50. The van der Waals surface area contributed by atoms with E-state index in [1.807, 2.05) is 0 Å². The third-order valence-corrected chi connectivity index (χ3v) is 3.44. The Labute approximate surface area is 82.3 Å². The van der Waals surface area contributed by atoms with Gasteiger partial charge in [-0.1, -0.05) is 45.4 Å². The molecular formula is C10H19O2P. The molecule has 76 valence electrons. The van der Waals surface area contributed by atoms with Crippen LogP contribution in [0.4, 0.5) is 0 Å². The molecule has 13 heavy (non-hydrogen) atoms. The fourth-order valence-electron chi connectivity index (χ4n) is 2.32. The minimum atomic E-state index is -0.161. The van der Waals surface area contributed by atoms with E-state index in [2.05, 4.69) is 6.92 Å². The van der Waals surface area contributed by atoms with E-state index in [1.54, 1.807) is 0 Å². The molecule has 1 rings (SSSR count). The predicted molar refractivity (Wildman–Crippen MR) is 53.9 cm³/mol. The first kappa shape index (κ1) is 11.1. The molecule has 0 aromatic rings. The van der Waals surface area contributed by atoms with Crippen molar-refractivity contribution >= 4 is 8.69 Å². The van der Waals surface area contributed by atoms with E-state index in [-0.39, 0.29) is 8.69 Å². The van der Waals surface area contributed by atoms with Crippen LogP contribution in [-0.4, -0.2) is 6.61 Å². The average molecular weight is 202 g/mol. The van der Waals surface area contributed by atoms with Crippen molar-refractivity contribution in [3.8, 4) is 0 Å². The smallest absolute Gasteiger partial charge is 0.294 e. The van der Waals surface area contributed by atoms with Gasteiger partial charge >= 0.3 is 8.69 Å². The predicted octanol–water partition coefficient (Wildman–Crippen LogP) is 3.82. The van der Waals surface area contributed by atoms with Gasteiger partial charge in [0.05, 0.1) is 6.61 Å². The van der Waals surface area contributed by atoms with Crippen molar-refractivity contribution in [3.63, 3.8) is 0 Å². The molecular weight excluding hydrogens is 183 g/mol. The second-order valence-electron chi connectivity index (χ2n) is 3.94. The molecule has 1 saturated carbocycles. The van der Waals surface area contributed by atoms with E-state index in [0.717, 1.165) is 12.3 Å². The van der Waals surface area contributed by atoms with E-state index in [9.17, 15) is 4.57 Å². The van der Waals surface area contributed by atoms with Gasteiger partial charge in [-0.25, -0.2) is 4.57 Å². The van der Waals surface area contributed by atoms with Crippen LogP contribution in [0.3, 0.4) is 0 Å². The standard InChI is InChI=1S/C10H19O2P/c1-2-9(8-12-13-11)10-6-4-3-5-7-10/h9-10H,2-8H2,1H3. The van der Waals surface area contributed by atoms with Gasteiger partial charge in [0, 0.05) is 0 Å². The normalized spacial score (nSPS) is 21.9. The van der Waals surface area contributed by atoms with Gasteiger partial charge in [0.25, 0.3) is 0 Å². The molecule has 1 atom stereocenters. The number of hydrogen-bond donors (Lipinski definition) is 0. The van der Waals surface area contributed by atoms with Crippen molar-refractivity contribution in [1.29, 1.82) is 0 Å². The van der Waals surface area contributed by atoms with Gasteiger partial charge in [0.1, 0.15) is 0 Å². The molecule has 0 aromatic carbocycles. The molecule has 0 spiro atoms. The highest BCUT2D eigenvalue weighted by Crippen LogP contribution is 2.32. The zero-order valence-corrected chi connectivity index (χ0v) is 9.26. The average Bonchev–Trinajstić information content (AvgIpc) is 2.21. The third kappa shape index (κ3) is 3.74. The highest BCUT2D eigenvalue weighted by Gasteiger charge is 2.22. The van der Waals surface area contributed by atoms with Crippen LogP contribution in [0.15, 0.2) is 0 Å². The van der Waals surface area contributed by atoms with Crippen molar-refractivity contribution < 1.29 is 9.09 Å². The van der Waals surface area contributed by atoms with Crippen LogP contribution in [0.5, 0.6) is 0 Å². The molecule has 1 aliphatic rings. The first-order valence-electron chi connectivity index (χ1n) is 5.33. The maximum absolute atomic E-state index is 10.2. The van der Waals surface area contributed by atoms with Gasteiger partial charge in [-0.3, -0.25) is 4.52 Å². The first-order valence-corrected chi connectivity index (χ1v) is 6.06. The van der Waals surface area contributed by atoms with Gasteiger partial charge in [0.15, 0.2) is 0 Å². The Hall–Kier alpha value is 0.0600. The Balaban J connectivity index is 2.29. The lowest BCUT2D eigenvalue weighted by Crippen LogP contribution is -2.20. The number of hydrogen-bond acceptors (Lipinski definition) is 2. The first-order chi connectivity index (χ1) is 6.38. The van der Waals surface area contributed by atoms with E-state index in [4.69, 9.17) is 4.52 Å². The quantitative estimate of drug-likeness (QED) is 0.633. The Morgan fingerprint density at radius 2 is 2.08 bits per heavy atom. The van der Waals surface area contributed by atoms with Crippen LogP contribution < -0.4 is 0 Å². The molecule has 3 heteroatoms. The van der Waals surface area contributed by atoms with Crippen molar-refractivity contribution in [2.45, 2.75) is 45.4 Å². The summed E-state index contributed by atoms with van der Waals surface area (Å²) in [7, 11) is -0.161.